The normalized spacial score (nSPS) is 9.89. The van der Waals surface area contributed by atoms with Gasteiger partial charge in [0.15, 0.2) is 0 Å². The maximum absolute atomic E-state index is 10.8. The molecular weight excluding hydrogens is 473 g/mol. The van der Waals surface area contributed by atoms with E-state index in [1.807, 2.05) is 17.3 Å². The van der Waals surface area contributed by atoms with Gasteiger partial charge >= 0.3 is 27.0 Å². The predicted molar refractivity (Wildman–Crippen MR) is 106 cm³/mol. The van der Waals surface area contributed by atoms with Crippen molar-refractivity contribution in [2.45, 2.75) is 38.0 Å². The van der Waals surface area contributed by atoms with E-state index in [0.717, 1.165) is 0 Å². The molecule has 2 aromatic rings. The van der Waals surface area contributed by atoms with Crippen LogP contribution in [0.25, 0.3) is 5.73 Å². The summed E-state index contributed by atoms with van der Waals surface area (Å²) in [4.78, 5) is 10.9. The molecule has 0 aromatic heterocycles. The van der Waals surface area contributed by atoms with Gasteiger partial charge < -0.3 is 24.7 Å². The van der Waals surface area contributed by atoms with Gasteiger partial charge in [0, 0.05) is 0 Å². The fraction of sp³-hybridized carbons (Fsp3) is 0.316. The Morgan fingerprint density at radius 3 is 2.11 bits per heavy atom. The van der Waals surface area contributed by atoms with Gasteiger partial charge in [0.1, 0.15) is 0 Å². The van der Waals surface area contributed by atoms with Crippen molar-refractivity contribution < 1.29 is 30.5 Å². The van der Waals surface area contributed by atoms with Crippen molar-refractivity contribution in [3.8, 4) is 0 Å². The molecule has 2 aromatic carbocycles. The number of nitrogens with two attached hydrogens (primary N) is 1. The second kappa shape index (κ2) is 13.8. The van der Waals surface area contributed by atoms with Crippen LogP contribution in [0.1, 0.15) is 46.8 Å². The van der Waals surface area contributed by atoms with Crippen LogP contribution in [0.3, 0.4) is 0 Å². The van der Waals surface area contributed by atoms with Gasteiger partial charge in [0.05, 0.1) is 5.91 Å². The van der Waals surface area contributed by atoms with Crippen LogP contribution in [0.5, 0.6) is 0 Å². The monoisotopic (exact) mass is 497 g/mol. The van der Waals surface area contributed by atoms with Crippen LogP contribution in [-0.4, -0.2) is 12.5 Å². The van der Waals surface area contributed by atoms with Crippen LogP contribution >= 0.6 is 9.69 Å². The molecule has 0 fully saturated rings. The second-order valence-electron chi connectivity index (χ2n) is 5.99. The van der Waals surface area contributed by atoms with Crippen LogP contribution in [0.2, 0.25) is 0 Å². The summed E-state index contributed by atoms with van der Waals surface area (Å²) in [6, 6.07) is 12.7. The van der Waals surface area contributed by atoms with Crippen molar-refractivity contribution in [2.75, 3.05) is 6.54 Å². The molecule has 0 saturated carbocycles. The van der Waals surface area contributed by atoms with E-state index in [0.29, 0.717) is 24.4 Å². The standard InChI is InChI=1S/C10H14.C9H11N2O3S.ClH.Ru/c1-8(2)10-6-4-9(3)5-7-10;10-4-3-6-5-7(9(11)12)1-2-8(6)15(13)14;;/h4-8H,1-3H3;1-2,5H,3-4,10H2,(H2,11,12);1H;/q;-1;;+3/p-2. The number of benzene rings is 2. The Morgan fingerprint density at radius 2 is 1.70 bits per heavy atom. The Bertz CT molecular complexity index is 786. The van der Waals surface area contributed by atoms with E-state index >= 15 is 0 Å². The van der Waals surface area contributed by atoms with Gasteiger partial charge in [0.2, 0.25) is 0 Å². The number of hydrogen-bond donors (Lipinski definition) is 1. The first-order chi connectivity index (χ1) is 12.8. The van der Waals surface area contributed by atoms with E-state index in [2.05, 4.69) is 54.7 Å². The minimum atomic E-state index is -2.34. The van der Waals surface area contributed by atoms with Crippen molar-refractivity contribution in [2.24, 2.45) is 5.73 Å². The van der Waals surface area contributed by atoms with Gasteiger partial charge in [-0.25, -0.2) is 0 Å². The molecule has 0 radical (unpaired) electrons. The van der Waals surface area contributed by atoms with Crippen molar-refractivity contribution in [3.05, 3.63) is 70.5 Å². The molecule has 0 saturated heterocycles. The zero-order chi connectivity index (χ0) is 21.0. The first-order valence-electron chi connectivity index (χ1n) is 8.14. The average molecular weight is 497 g/mol. The Labute approximate surface area is 177 Å². The Balaban J connectivity index is 0.000000488. The minimum Gasteiger partial charge on any atom is -0.664 e. The largest absolute Gasteiger partial charge is 0.664 e. The van der Waals surface area contributed by atoms with Gasteiger partial charge in [-0.15, -0.1) is 0 Å². The van der Waals surface area contributed by atoms with Crippen LogP contribution in [0.4, 0.5) is 0 Å². The maximum atomic E-state index is 10.8. The van der Waals surface area contributed by atoms with E-state index < -0.39 is 16.6 Å². The molecule has 0 aliphatic rings. The quantitative estimate of drug-likeness (QED) is 0.472. The molecule has 5 nitrogen and oxygen atoms in total. The van der Waals surface area contributed by atoms with Crippen LogP contribution in [0, 0.1) is 6.92 Å². The van der Waals surface area contributed by atoms with Gasteiger partial charge in [0.25, 0.3) is 0 Å². The molecule has 0 aliphatic carbocycles. The molecule has 0 heterocycles. The minimum absolute atomic E-state index is 0.130. The number of halogens is 1. The van der Waals surface area contributed by atoms with Gasteiger partial charge in [-0.2, -0.15) is 0 Å². The summed E-state index contributed by atoms with van der Waals surface area (Å²) in [6.07, 6.45) is 0.366. The third-order valence-corrected chi connectivity index (χ3v) is 4.42. The zero-order valence-corrected chi connectivity index (χ0v) is 18.8. The summed E-state index contributed by atoms with van der Waals surface area (Å²) in [5.41, 5.74) is 15.6. The first kappa shape index (κ1) is 25.7. The van der Waals surface area contributed by atoms with Crippen molar-refractivity contribution in [3.63, 3.8) is 0 Å². The Kier molecular flexibility index (Phi) is 13.2. The van der Waals surface area contributed by atoms with Gasteiger partial charge in [-0.05, 0) is 47.6 Å². The average Bonchev–Trinajstić information content (AvgIpc) is 2.64. The van der Waals surface area contributed by atoms with Crippen molar-refractivity contribution in [1.29, 1.82) is 0 Å². The number of nitrogens with one attached hydrogen (secondary N) is 1. The maximum Gasteiger partial charge on any atom is 0.0796 e. The molecule has 0 unspecified atom stereocenters. The molecule has 0 atom stereocenters. The summed E-state index contributed by atoms with van der Waals surface area (Å²) in [6.45, 7) is 6.83. The number of carbonyl (C=O) groups excluding carboxylic acids is 1. The summed E-state index contributed by atoms with van der Waals surface area (Å²) < 4.78 is 21.6. The number of amides is 1. The third kappa shape index (κ3) is 9.47. The van der Waals surface area contributed by atoms with Gasteiger partial charge in [-0.1, -0.05) is 72.3 Å². The fourth-order valence-electron chi connectivity index (χ4n) is 2.19. The topological polar surface area (TPSA) is 101 Å². The number of hydrogen-bond acceptors (Lipinski definition) is 5. The van der Waals surface area contributed by atoms with Crippen LogP contribution < -0.4 is 5.73 Å². The molecule has 149 valence electrons. The summed E-state index contributed by atoms with van der Waals surface area (Å²) in [7, 11) is 2.23. The molecule has 3 N–H and O–H groups in total. The van der Waals surface area contributed by atoms with Gasteiger partial charge in [-0.3, -0.25) is 0 Å². The van der Waals surface area contributed by atoms with Crippen LogP contribution in [-0.2, 0) is 42.9 Å². The summed E-state index contributed by atoms with van der Waals surface area (Å²) >= 11 is 1.82. The smallest absolute Gasteiger partial charge is 0.0796 e. The van der Waals surface area contributed by atoms with E-state index in [1.165, 1.54) is 29.3 Å². The fourth-order valence-corrected chi connectivity index (χ4v) is 2.74. The molecular formula is C19H24ClN2O3RuS. The first-order valence-corrected chi connectivity index (χ1v) is 11.5. The van der Waals surface area contributed by atoms with Crippen molar-refractivity contribution >= 4 is 26.3 Å². The van der Waals surface area contributed by atoms with Crippen molar-refractivity contribution in [1.82, 2.24) is 0 Å². The molecule has 8 heteroatoms. The molecule has 0 spiro atoms. The Morgan fingerprint density at radius 1 is 1.15 bits per heavy atom. The molecule has 27 heavy (non-hydrogen) atoms. The number of carbonyl (C=O) groups is 1. The number of aryl methyl sites for hydroxylation is 1. The molecule has 0 aliphatic heterocycles. The zero-order valence-electron chi connectivity index (χ0n) is 15.5. The predicted octanol–water partition coefficient (Wildman–Crippen LogP) is 4.85. The summed E-state index contributed by atoms with van der Waals surface area (Å²) in [5, 5.41) is 0. The van der Waals surface area contributed by atoms with E-state index in [1.54, 1.807) is 0 Å². The molecule has 0 bridgehead atoms. The molecule has 2 rings (SSSR count). The third-order valence-electron chi connectivity index (χ3n) is 3.66. The van der Waals surface area contributed by atoms with Crippen LogP contribution in [0.15, 0.2) is 47.4 Å². The second-order valence-corrected chi connectivity index (χ2v) is 6.90. The molecule has 1 amide bonds. The van der Waals surface area contributed by atoms with E-state index in [-0.39, 0.29) is 10.5 Å². The Hall–Kier alpha value is -1.27. The number of rotatable bonds is 5. The SMILES string of the molecule is Cc1ccc(C(C)C)cc1.[Cl][Ru+2].[NH-]C(=O)c1ccc([S-](=O)=O)c(CCN)c1. The van der Waals surface area contributed by atoms with E-state index in [9.17, 15) is 13.2 Å². The summed E-state index contributed by atoms with van der Waals surface area (Å²) in [5.74, 6) is -0.183. The van der Waals surface area contributed by atoms with E-state index in [4.69, 9.17) is 11.5 Å².